The Morgan fingerprint density at radius 1 is 1.26 bits per heavy atom. The second kappa shape index (κ2) is 6.48. The normalized spacial score (nSPS) is 13.6. The molecule has 0 fully saturated rings. The van der Waals surface area contributed by atoms with Crippen LogP contribution in [0.1, 0.15) is 19.8 Å². The molecule has 19 heavy (non-hydrogen) atoms. The van der Waals surface area contributed by atoms with Crippen molar-refractivity contribution in [3.05, 3.63) is 42.5 Å². The molecule has 3 N–H and O–H groups in total. The summed E-state index contributed by atoms with van der Waals surface area (Å²) in [6.45, 7) is 2.11. The van der Waals surface area contributed by atoms with Crippen molar-refractivity contribution < 1.29 is 5.21 Å². The Balaban J connectivity index is 2.15. The van der Waals surface area contributed by atoms with Crippen molar-refractivity contribution in [2.24, 2.45) is 10.9 Å². The number of hydrogen-bond acceptors (Lipinski definition) is 3. The van der Waals surface area contributed by atoms with Crippen LogP contribution in [0.5, 0.6) is 0 Å². The number of amidine groups is 1. The molecular weight excluding hydrogens is 256 g/mol. The van der Waals surface area contributed by atoms with E-state index < -0.39 is 0 Å². The molecule has 2 rings (SSSR count). The second-order valence-corrected chi connectivity index (χ2v) is 5.83. The summed E-state index contributed by atoms with van der Waals surface area (Å²) >= 11 is 1.78. The zero-order valence-corrected chi connectivity index (χ0v) is 11.7. The largest absolute Gasteiger partial charge is 0.409 e. The van der Waals surface area contributed by atoms with E-state index in [4.69, 9.17) is 10.9 Å². The van der Waals surface area contributed by atoms with Gasteiger partial charge in [-0.2, -0.15) is 0 Å². The van der Waals surface area contributed by atoms with E-state index >= 15 is 0 Å². The first-order chi connectivity index (χ1) is 9.22. The maximum atomic E-state index is 8.64. The van der Waals surface area contributed by atoms with E-state index in [0.717, 1.165) is 6.42 Å². The molecule has 0 saturated heterocycles. The first kappa shape index (κ1) is 13.7. The minimum Gasteiger partial charge on any atom is -0.409 e. The average molecular weight is 274 g/mol. The highest BCUT2D eigenvalue weighted by molar-refractivity contribution is 8.00. The van der Waals surface area contributed by atoms with Crippen molar-refractivity contribution in [1.82, 2.24) is 0 Å². The molecule has 4 heteroatoms. The molecule has 1 atom stereocenters. The lowest BCUT2D eigenvalue weighted by molar-refractivity contribution is 0.316. The summed E-state index contributed by atoms with van der Waals surface area (Å²) in [4.78, 5) is 1.22. The third-order valence-electron chi connectivity index (χ3n) is 3.04. The van der Waals surface area contributed by atoms with E-state index in [9.17, 15) is 0 Å². The Morgan fingerprint density at radius 2 is 2.00 bits per heavy atom. The number of nitrogens with two attached hydrogens (primary N) is 1. The van der Waals surface area contributed by atoms with Crippen LogP contribution < -0.4 is 5.73 Å². The van der Waals surface area contributed by atoms with Crippen LogP contribution >= 0.6 is 11.8 Å². The molecule has 2 aromatic carbocycles. The average Bonchev–Trinajstić information content (AvgIpc) is 2.46. The highest BCUT2D eigenvalue weighted by Gasteiger charge is 2.11. The quantitative estimate of drug-likeness (QED) is 0.286. The Hall–Kier alpha value is -1.68. The van der Waals surface area contributed by atoms with Crippen molar-refractivity contribution in [3.8, 4) is 0 Å². The standard InChI is InChI=1S/C15H18N2OS/c1-2-13(10-15(16)17-18)19-14-8-7-11-5-3-4-6-12(11)9-14/h3-9,13,18H,2,10H2,1H3,(H2,16,17). The smallest absolute Gasteiger partial charge is 0.140 e. The lowest BCUT2D eigenvalue weighted by Gasteiger charge is -2.13. The molecule has 0 amide bonds. The second-order valence-electron chi connectivity index (χ2n) is 4.45. The van der Waals surface area contributed by atoms with Gasteiger partial charge in [-0.15, -0.1) is 11.8 Å². The van der Waals surface area contributed by atoms with Crippen LogP contribution in [0.15, 0.2) is 52.5 Å². The van der Waals surface area contributed by atoms with E-state index in [1.54, 1.807) is 11.8 Å². The van der Waals surface area contributed by atoms with Crippen LogP contribution in [0.25, 0.3) is 10.8 Å². The van der Waals surface area contributed by atoms with E-state index in [2.05, 4.69) is 42.4 Å². The number of fused-ring (bicyclic) bond motifs is 1. The lowest BCUT2D eigenvalue weighted by atomic mass is 10.1. The van der Waals surface area contributed by atoms with Gasteiger partial charge in [-0.3, -0.25) is 0 Å². The van der Waals surface area contributed by atoms with Crippen LogP contribution in [0, 0.1) is 0 Å². The van der Waals surface area contributed by atoms with Gasteiger partial charge >= 0.3 is 0 Å². The first-order valence-electron chi connectivity index (χ1n) is 6.34. The van der Waals surface area contributed by atoms with E-state index in [0.29, 0.717) is 17.5 Å². The lowest BCUT2D eigenvalue weighted by Crippen LogP contribution is -2.18. The Kier molecular flexibility index (Phi) is 4.68. The molecule has 0 radical (unpaired) electrons. The maximum absolute atomic E-state index is 8.64. The minimum absolute atomic E-state index is 0.292. The molecule has 0 aliphatic heterocycles. The summed E-state index contributed by atoms with van der Waals surface area (Å²) in [5, 5.41) is 14.5. The Morgan fingerprint density at radius 3 is 2.68 bits per heavy atom. The minimum atomic E-state index is 0.292. The van der Waals surface area contributed by atoms with E-state index in [1.807, 2.05) is 12.1 Å². The number of oxime groups is 1. The maximum Gasteiger partial charge on any atom is 0.140 e. The van der Waals surface area contributed by atoms with Crippen LogP contribution in [0.3, 0.4) is 0 Å². The molecule has 100 valence electrons. The molecule has 2 aromatic rings. The summed E-state index contributed by atoms with van der Waals surface area (Å²) in [5.74, 6) is 0.292. The highest BCUT2D eigenvalue weighted by atomic mass is 32.2. The van der Waals surface area contributed by atoms with Gasteiger partial charge in [0.1, 0.15) is 5.84 Å². The van der Waals surface area contributed by atoms with Crippen LogP contribution in [-0.4, -0.2) is 16.3 Å². The fourth-order valence-electron chi connectivity index (χ4n) is 1.98. The number of benzene rings is 2. The number of nitrogens with zero attached hydrogens (tertiary/aromatic N) is 1. The summed E-state index contributed by atoms with van der Waals surface area (Å²) in [6, 6.07) is 14.8. The summed E-state index contributed by atoms with van der Waals surface area (Å²) in [7, 11) is 0. The van der Waals surface area contributed by atoms with Crippen molar-refractivity contribution in [2.75, 3.05) is 0 Å². The topological polar surface area (TPSA) is 58.6 Å². The fraction of sp³-hybridized carbons (Fsp3) is 0.267. The van der Waals surface area contributed by atoms with Gasteiger partial charge in [0, 0.05) is 16.6 Å². The molecule has 0 saturated carbocycles. The summed E-state index contributed by atoms with van der Waals surface area (Å²) in [6.07, 6.45) is 1.58. The van der Waals surface area contributed by atoms with Gasteiger partial charge in [0.15, 0.2) is 0 Å². The monoisotopic (exact) mass is 274 g/mol. The van der Waals surface area contributed by atoms with E-state index in [-0.39, 0.29) is 0 Å². The molecule has 0 aliphatic rings. The number of rotatable bonds is 5. The van der Waals surface area contributed by atoms with Gasteiger partial charge < -0.3 is 10.9 Å². The predicted octanol–water partition coefficient (Wildman–Crippen LogP) is 3.85. The molecule has 0 aromatic heterocycles. The van der Waals surface area contributed by atoms with Gasteiger partial charge in [0.05, 0.1) is 0 Å². The first-order valence-corrected chi connectivity index (χ1v) is 7.22. The molecule has 0 heterocycles. The Bertz CT molecular complexity index is 583. The molecule has 0 aliphatic carbocycles. The Labute approximate surface area is 117 Å². The zero-order chi connectivity index (χ0) is 13.7. The number of thioether (sulfide) groups is 1. The third-order valence-corrected chi connectivity index (χ3v) is 4.40. The van der Waals surface area contributed by atoms with Crippen molar-refractivity contribution >= 4 is 28.4 Å². The molecule has 3 nitrogen and oxygen atoms in total. The molecule has 0 bridgehead atoms. The highest BCUT2D eigenvalue weighted by Crippen LogP contribution is 2.30. The van der Waals surface area contributed by atoms with Crippen molar-refractivity contribution in [2.45, 2.75) is 29.9 Å². The fourth-order valence-corrected chi connectivity index (χ4v) is 3.12. The van der Waals surface area contributed by atoms with Crippen molar-refractivity contribution in [3.63, 3.8) is 0 Å². The van der Waals surface area contributed by atoms with Crippen molar-refractivity contribution in [1.29, 1.82) is 0 Å². The molecule has 1 unspecified atom stereocenters. The van der Waals surface area contributed by atoms with E-state index in [1.165, 1.54) is 15.7 Å². The van der Waals surface area contributed by atoms with Crippen LogP contribution in [0.2, 0.25) is 0 Å². The number of hydrogen-bond donors (Lipinski definition) is 2. The van der Waals surface area contributed by atoms with Crippen LogP contribution in [0.4, 0.5) is 0 Å². The molecular formula is C15H18N2OS. The molecule has 0 spiro atoms. The van der Waals surface area contributed by atoms with Crippen LogP contribution in [-0.2, 0) is 0 Å². The third kappa shape index (κ3) is 3.64. The van der Waals surface area contributed by atoms with Gasteiger partial charge in [-0.25, -0.2) is 0 Å². The van der Waals surface area contributed by atoms with Gasteiger partial charge in [0.25, 0.3) is 0 Å². The SMILES string of the molecule is CCC(C/C(N)=N/O)Sc1ccc2ccccc2c1. The van der Waals surface area contributed by atoms with Gasteiger partial charge in [-0.05, 0) is 29.3 Å². The summed E-state index contributed by atoms with van der Waals surface area (Å²) < 4.78 is 0. The zero-order valence-electron chi connectivity index (χ0n) is 10.9. The summed E-state index contributed by atoms with van der Waals surface area (Å²) in [5.41, 5.74) is 5.58. The predicted molar refractivity (Wildman–Crippen MR) is 81.9 cm³/mol. The van der Waals surface area contributed by atoms with Gasteiger partial charge in [-0.1, -0.05) is 42.4 Å². The van der Waals surface area contributed by atoms with Gasteiger partial charge in [0.2, 0.25) is 0 Å².